The van der Waals surface area contributed by atoms with Crippen molar-refractivity contribution < 1.29 is 4.74 Å². The molecule has 0 fully saturated rings. The minimum Gasteiger partial charge on any atom is -0.493 e. The van der Waals surface area contributed by atoms with Gasteiger partial charge in [0.15, 0.2) is 5.65 Å². The number of hydrogen-bond acceptors (Lipinski definition) is 3. The molecule has 0 amide bonds. The Morgan fingerprint density at radius 3 is 3.06 bits per heavy atom. The number of rotatable bonds is 4. The van der Waals surface area contributed by atoms with E-state index in [1.807, 2.05) is 22.6 Å². The van der Waals surface area contributed by atoms with Crippen LogP contribution in [0.2, 0.25) is 0 Å². The first kappa shape index (κ1) is 11.0. The molecule has 3 rings (SSSR count). The van der Waals surface area contributed by atoms with E-state index in [4.69, 9.17) is 4.74 Å². The van der Waals surface area contributed by atoms with E-state index in [0.29, 0.717) is 0 Å². The second kappa shape index (κ2) is 4.64. The van der Waals surface area contributed by atoms with Crippen molar-refractivity contribution in [1.82, 2.24) is 14.6 Å². The molecular weight excluding hydrogens is 226 g/mol. The van der Waals surface area contributed by atoms with Crippen LogP contribution in [-0.2, 0) is 0 Å². The molecule has 2 heterocycles. The van der Waals surface area contributed by atoms with Gasteiger partial charge < -0.3 is 4.74 Å². The summed E-state index contributed by atoms with van der Waals surface area (Å²) >= 11 is 0. The number of nitrogens with zero attached hydrogens (tertiary/aromatic N) is 3. The predicted molar refractivity (Wildman–Crippen MR) is 70.9 cm³/mol. The summed E-state index contributed by atoms with van der Waals surface area (Å²) in [5.74, 6) is 0.888. The lowest BCUT2D eigenvalue weighted by molar-refractivity contribution is 0.313. The summed E-state index contributed by atoms with van der Waals surface area (Å²) in [5.41, 5.74) is 1.90. The van der Waals surface area contributed by atoms with Crippen LogP contribution in [0.1, 0.15) is 19.8 Å². The summed E-state index contributed by atoms with van der Waals surface area (Å²) in [7, 11) is 0. The van der Waals surface area contributed by atoms with Gasteiger partial charge in [-0.2, -0.15) is 0 Å². The third-order valence-corrected chi connectivity index (χ3v) is 3.02. The molecule has 0 aliphatic heterocycles. The summed E-state index contributed by atoms with van der Waals surface area (Å²) < 4.78 is 7.83. The molecule has 0 N–H and O–H groups in total. The number of para-hydroxylation sites is 1. The van der Waals surface area contributed by atoms with E-state index < -0.39 is 0 Å². The highest BCUT2D eigenvalue weighted by Crippen LogP contribution is 2.27. The largest absolute Gasteiger partial charge is 0.493 e. The zero-order chi connectivity index (χ0) is 12.4. The first-order chi connectivity index (χ1) is 8.90. The lowest BCUT2D eigenvalue weighted by atomic mass is 10.2. The fourth-order valence-electron chi connectivity index (χ4n) is 2.06. The summed E-state index contributed by atoms with van der Waals surface area (Å²) in [6.07, 6.45) is 3.92. The van der Waals surface area contributed by atoms with Gasteiger partial charge in [-0.25, -0.2) is 0 Å². The summed E-state index contributed by atoms with van der Waals surface area (Å²) in [4.78, 5) is 0. The van der Waals surface area contributed by atoms with Crippen molar-refractivity contribution in [3.05, 3.63) is 36.7 Å². The molecule has 4 heteroatoms. The smallest absolute Gasteiger partial charge is 0.164 e. The minimum atomic E-state index is 0.741. The third-order valence-electron chi connectivity index (χ3n) is 3.02. The Kier molecular flexibility index (Phi) is 2.84. The van der Waals surface area contributed by atoms with Crippen LogP contribution in [0.3, 0.4) is 0 Å². The van der Waals surface area contributed by atoms with Crippen LogP contribution < -0.4 is 4.74 Å². The van der Waals surface area contributed by atoms with E-state index >= 15 is 0 Å². The van der Waals surface area contributed by atoms with Crippen LogP contribution in [0.4, 0.5) is 0 Å². The van der Waals surface area contributed by atoms with Gasteiger partial charge in [-0.15, -0.1) is 10.2 Å². The fraction of sp³-hybridized carbons (Fsp3) is 0.286. The normalized spacial score (nSPS) is 11.2. The summed E-state index contributed by atoms with van der Waals surface area (Å²) in [6.45, 7) is 2.90. The van der Waals surface area contributed by atoms with Crippen molar-refractivity contribution in [2.45, 2.75) is 19.8 Å². The molecule has 0 bridgehead atoms. The maximum absolute atomic E-state index is 5.86. The van der Waals surface area contributed by atoms with Crippen molar-refractivity contribution >= 4 is 16.6 Å². The maximum atomic E-state index is 5.86. The maximum Gasteiger partial charge on any atom is 0.164 e. The Labute approximate surface area is 105 Å². The van der Waals surface area contributed by atoms with Crippen LogP contribution in [-0.4, -0.2) is 21.2 Å². The molecule has 18 heavy (non-hydrogen) atoms. The number of fused-ring (bicyclic) bond motifs is 3. The molecule has 0 saturated carbocycles. The van der Waals surface area contributed by atoms with E-state index in [1.165, 1.54) is 0 Å². The van der Waals surface area contributed by atoms with E-state index in [2.05, 4.69) is 29.3 Å². The Bertz CT molecular complexity index is 675. The van der Waals surface area contributed by atoms with Crippen LogP contribution in [0.15, 0.2) is 36.7 Å². The summed E-state index contributed by atoms with van der Waals surface area (Å²) in [6, 6.07) is 10.1. The van der Waals surface area contributed by atoms with Gasteiger partial charge in [0, 0.05) is 11.5 Å². The van der Waals surface area contributed by atoms with Crippen LogP contribution >= 0.6 is 0 Å². The van der Waals surface area contributed by atoms with Gasteiger partial charge in [0.2, 0.25) is 0 Å². The van der Waals surface area contributed by atoms with Crippen molar-refractivity contribution in [1.29, 1.82) is 0 Å². The molecule has 0 unspecified atom stereocenters. The molecule has 0 aliphatic rings. The van der Waals surface area contributed by atoms with Gasteiger partial charge in [-0.1, -0.05) is 25.5 Å². The molecule has 0 spiro atoms. The SMILES string of the molecule is CCCCOc1cc2nncn2c2ccccc12. The first-order valence-corrected chi connectivity index (χ1v) is 6.24. The predicted octanol–water partition coefficient (Wildman–Crippen LogP) is 3.06. The van der Waals surface area contributed by atoms with Gasteiger partial charge >= 0.3 is 0 Å². The van der Waals surface area contributed by atoms with Crippen LogP contribution in [0, 0.1) is 0 Å². The Balaban J connectivity index is 2.14. The molecule has 2 aromatic heterocycles. The van der Waals surface area contributed by atoms with Crippen molar-refractivity contribution in [2.75, 3.05) is 6.61 Å². The Morgan fingerprint density at radius 1 is 1.28 bits per heavy atom. The topological polar surface area (TPSA) is 39.4 Å². The lowest BCUT2D eigenvalue weighted by Crippen LogP contribution is -1.99. The van der Waals surface area contributed by atoms with Crippen molar-refractivity contribution in [3.8, 4) is 5.75 Å². The molecule has 0 atom stereocenters. The number of aromatic nitrogens is 3. The fourth-order valence-corrected chi connectivity index (χ4v) is 2.06. The minimum absolute atomic E-state index is 0.741. The average molecular weight is 241 g/mol. The molecule has 0 saturated heterocycles. The number of unbranched alkanes of at least 4 members (excludes halogenated alkanes) is 1. The molecule has 92 valence electrons. The molecular formula is C14H15N3O. The lowest BCUT2D eigenvalue weighted by Gasteiger charge is -2.10. The number of ether oxygens (including phenoxy) is 1. The number of pyridine rings is 1. The highest BCUT2D eigenvalue weighted by molar-refractivity contribution is 5.88. The van der Waals surface area contributed by atoms with E-state index in [9.17, 15) is 0 Å². The standard InChI is InChI=1S/C14H15N3O/c1-2-3-8-18-13-9-14-16-15-10-17(14)12-7-5-4-6-11(12)13/h4-7,9-10H,2-3,8H2,1H3. The zero-order valence-electron chi connectivity index (χ0n) is 10.3. The van der Waals surface area contributed by atoms with E-state index in [-0.39, 0.29) is 0 Å². The Morgan fingerprint density at radius 2 is 2.17 bits per heavy atom. The van der Waals surface area contributed by atoms with Gasteiger partial charge in [0.25, 0.3) is 0 Å². The highest BCUT2D eigenvalue weighted by Gasteiger charge is 2.07. The second-order valence-electron chi connectivity index (χ2n) is 4.29. The second-order valence-corrected chi connectivity index (χ2v) is 4.29. The van der Waals surface area contributed by atoms with Crippen molar-refractivity contribution in [2.24, 2.45) is 0 Å². The first-order valence-electron chi connectivity index (χ1n) is 6.24. The van der Waals surface area contributed by atoms with Crippen molar-refractivity contribution in [3.63, 3.8) is 0 Å². The molecule has 4 nitrogen and oxygen atoms in total. The Hall–Kier alpha value is -2.10. The molecule has 1 aromatic carbocycles. The average Bonchev–Trinajstić information content (AvgIpc) is 2.87. The quantitative estimate of drug-likeness (QED) is 0.659. The molecule has 0 aliphatic carbocycles. The van der Waals surface area contributed by atoms with Crippen LogP contribution in [0.5, 0.6) is 5.75 Å². The van der Waals surface area contributed by atoms with E-state index in [0.717, 1.165) is 41.7 Å². The highest BCUT2D eigenvalue weighted by atomic mass is 16.5. The number of hydrogen-bond donors (Lipinski definition) is 0. The van der Waals surface area contributed by atoms with Gasteiger partial charge in [-0.3, -0.25) is 4.40 Å². The summed E-state index contributed by atoms with van der Waals surface area (Å²) in [5, 5.41) is 9.14. The van der Waals surface area contributed by atoms with E-state index in [1.54, 1.807) is 6.33 Å². The number of benzene rings is 1. The third kappa shape index (κ3) is 1.79. The van der Waals surface area contributed by atoms with Gasteiger partial charge in [0.05, 0.1) is 12.1 Å². The monoisotopic (exact) mass is 241 g/mol. The van der Waals surface area contributed by atoms with Gasteiger partial charge in [-0.05, 0) is 18.6 Å². The van der Waals surface area contributed by atoms with Crippen LogP contribution in [0.25, 0.3) is 16.6 Å². The molecule has 3 aromatic rings. The zero-order valence-corrected chi connectivity index (χ0v) is 10.3. The molecule has 0 radical (unpaired) electrons. The van der Waals surface area contributed by atoms with Gasteiger partial charge in [0.1, 0.15) is 12.1 Å².